The second kappa shape index (κ2) is 10.3. The Morgan fingerprint density at radius 2 is 1.87 bits per heavy atom. The monoisotopic (exact) mass is 450 g/mol. The molecule has 0 aromatic heterocycles. The molecule has 1 aliphatic rings. The number of rotatable bonds is 8. The number of halogens is 1. The molecule has 0 bridgehead atoms. The Kier molecular flexibility index (Phi) is 7.77. The fraction of sp³-hybridized carbons (Fsp3) is 0.409. The summed E-state index contributed by atoms with van der Waals surface area (Å²) in [6, 6.07) is 12.1. The Balaban J connectivity index is 1.53. The molecule has 2 aromatic rings. The smallest absolute Gasteiger partial charge is 0.240 e. The van der Waals surface area contributed by atoms with Crippen LogP contribution >= 0.6 is 0 Å². The molecule has 1 heterocycles. The van der Waals surface area contributed by atoms with Crippen molar-refractivity contribution in [2.75, 3.05) is 6.61 Å². The van der Waals surface area contributed by atoms with Crippen molar-refractivity contribution in [3.63, 3.8) is 0 Å². The number of amides is 1. The van der Waals surface area contributed by atoms with Crippen LogP contribution in [0.3, 0.4) is 0 Å². The largest absolute Gasteiger partial charge is 0.394 e. The molecular formula is C22H27FN2O5S. The molecule has 0 aliphatic carbocycles. The number of aliphatic hydroxyl groups excluding tert-OH is 1. The van der Waals surface area contributed by atoms with Gasteiger partial charge in [-0.25, -0.2) is 17.5 Å². The van der Waals surface area contributed by atoms with Crippen molar-refractivity contribution >= 4 is 15.9 Å². The molecule has 9 heteroatoms. The van der Waals surface area contributed by atoms with Crippen molar-refractivity contribution in [3.05, 3.63) is 65.5 Å². The SMILES string of the molecule is Cc1ccc(S(=O)(=O)N[C@H]2CC[C@H](CC(=O)NCc3ccccc3F)O[C@H]2CO)cc1. The summed E-state index contributed by atoms with van der Waals surface area (Å²) < 4.78 is 47.3. The first kappa shape index (κ1) is 23.3. The van der Waals surface area contributed by atoms with E-state index in [-0.39, 0.29) is 36.2 Å². The van der Waals surface area contributed by atoms with Crippen LogP contribution in [0.1, 0.15) is 30.4 Å². The number of aryl methyl sites for hydroxylation is 1. The zero-order valence-electron chi connectivity index (χ0n) is 17.3. The van der Waals surface area contributed by atoms with E-state index in [0.717, 1.165) is 5.56 Å². The van der Waals surface area contributed by atoms with Crippen LogP contribution in [0, 0.1) is 12.7 Å². The highest BCUT2D eigenvalue weighted by Gasteiger charge is 2.34. The van der Waals surface area contributed by atoms with E-state index in [1.165, 1.54) is 18.2 Å². The fourth-order valence-electron chi connectivity index (χ4n) is 3.52. The molecule has 31 heavy (non-hydrogen) atoms. The van der Waals surface area contributed by atoms with Crippen LogP contribution in [0.15, 0.2) is 53.4 Å². The first-order chi connectivity index (χ1) is 14.8. The first-order valence-electron chi connectivity index (χ1n) is 10.1. The highest BCUT2D eigenvalue weighted by Crippen LogP contribution is 2.24. The molecule has 1 fully saturated rings. The molecule has 7 nitrogen and oxygen atoms in total. The lowest BCUT2D eigenvalue weighted by atomic mass is 9.98. The maximum Gasteiger partial charge on any atom is 0.240 e. The van der Waals surface area contributed by atoms with Gasteiger partial charge in [-0.3, -0.25) is 4.79 Å². The Bertz CT molecular complexity index is 997. The molecule has 0 radical (unpaired) electrons. The molecule has 0 saturated carbocycles. The average molecular weight is 451 g/mol. The summed E-state index contributed by atoms with van der Waals surface area (Å²) in [6.07, 6.45) is -0.314. The standard InChI is InChI=1S/C22H27FN2O5S/c1-15-6-9-18(10-7-15)31(28,29)25-20-11-8-17(30-21(20)14-26)12-22(27)24-13-16-4-2-3-5-19(16)23/h2-7,9-10,17,20-21,25-26H,8,11-14H2,1H3,(H,24,27)/t17-,20+,21+/m1/s1. The van der Waals surface area contributed by atoms with E-state index in [1.54, 1.807) is 30.3 Å². The third kappa shape index (κ3) is 6.33. The van der Waals surface area contributed by atoms with Gasteiger partial charge in [0.25, 0.3) is 0 Å². The number of carbonyl (C=O) groups excluding carboxylic acids is 1. The van der Waals surface area contributed by atoms with Gasteiger partial charge in [-0.2, -0.15) is 0 Å². The van der Waals surface area contributed by atoms with Crippen molar-refractivity contribution in [1.29, 1.82) is 0 Å². The Morgan fingerprint density at radius 1 is 1.16 bits per heavy atom. The minimum Gasteiger partial charge on any atom is -0.394 e. The lowest BCUT2D eigenvalue weighted by Gasteiger charge is -2.35. The zero-order valence-corrected chi connectivity index (χ0v) is 18.1. The number of nitrogens with one attached hydrogen (secondary N) is 2. The molecule has 1 saturated heterocycles. The first-order valence-corrected chi connectivity index (χ1v) is 11.6. The third-order valence-corrected chi connectivity index (χ3v) is 6.79. The van der Waals surface area contributed by atoms with Crippen molar-refractivity contribution in [3.8, 4) is 0 Å². The zero-order chi connectivity index (χ0) is 22.4. The van der Waals surface area contributed by atoms with Gasteiger partial charge in [-0.15, -0.1) is 0 Å². The summed E-state index contributed by atoms with van der Waals surface area (Å²) in [5.74, 6) is -0.690. The number of sulfonamides is 1. The van der Waals surface area contributed by atoms with E-state index >= 15 is 0 Å². The Labute approximate surface area is 181 Å². The van der Waals surface area contributed by atoms with Gasteiger partial charge < -0.3 is 15.2 Å². The number of aliphatic hydroxyl groups is 1. The number of benzene rings is 2. The van der Waals surface area contributed by atoms with Gasteiger partial charge in [0.05, 0.1) is 36.2 Å². The summed E-state index contributed by atoms with van der Waals surface area (Å²) >= 11 is 0. The highest BCUT2D eigenvalue weighted by atomic mass is 32.2. The Hall–Kier alpha value is -2.33. The molecule has 2 aromatic carbocycles. The molecule has 168 valence electrons. The summed E-state index contributed by atoms with van der Waals surface area (Å²) in [7, 11) is -3.76. The van der Waals surface area contributed by atoms with Crippen LogP contribution in [0.2, 0.25) is 0 Å². The maximum atomic E-state index is 13.7. The molecular weight excluding hydrogens is 423 g/mol. The van der Waals surface area contributed by atoms with E-state index in [2.05, 4.69) is 10.0 Å². The number of hydrogen-bond acceptors (Lipinski definition) is 5. The molecule has 3 atom stereocenters. The topological polar surface area (TPSA) is 105 Å². The second-order valence-corrected chi connectivity index (χ2v) is 9.38. The lowest BCUT2D eigenvalue weighted by Crippen LogP contribution is -2.51. The van der Waals surface area contributed by atoms with Crippen LogP contribution in [-0.4, -0.2) is 44.3 Å². The third-order valence-electron chi connectivity index (χ3n) is 5.28. The number of carbonyl (C=O) groups is 1. The van der Waals surface area contributed by atoms with E-state index in [0.29, 0.717) is 18.4 Å². The van der Waals surface area contributed by atoms with Crippen molar-refractivity contribution in [1.82, 2.24) is 10.0 Å². The van der Waals surface area contributed by atoms with Crippen molar-refractivity contribution < 1.29 is 27.4 Å². The summed E-state index contributed by atoms with van der Waals surface area (Å²) in [4.78, 5) is 12.4. The van der Waals surface area contributed by atoms with Gasteiger partial charge >= 0.3 is 0 Å². The fourth-order valence-corrected chi connectivity index (χ4v) is 4.81. The van der Waals surface area contributed by atoms with Gasteiger partial charge in [0.1, 0.15) is 5.82 Å². The molecule has 3 N–H and O–H groups in total. The van der Waals surface area contributed by atoms with Crippen LogP contribution < -0.4 is 10.0 Å². The predicted octanol–water partition coefficient (Wildman–Crippen LogP) is 2.03. The summed E-state index contributed by atoms with van der Waals surface area (Å²) in [5.41, 5.74) is 1.34. The second-order valence-electron chi connectivity index (χ2n) is 7.67. The van der Waals surface area contributed by atoms with Crippen molar-refractivity contribution in [2.45, 2.75) is 55.9 Å². The molecule has 1 amide bonds. The highest BCUT2D eigenvalue weighted by molar-refractivity contribution is 7.89. The predicted molar refractivity (Wildman–Crippen MR) is 113 cm³/mol. The number of ether oxygens (including phenoxy) is 1. The molecule has 0 spiro atoms. The quantitative estimate of drug-likeness (QED) is 0.571. The van der Waals surface area contributed by atoms with E-state index in [4.69, 9.17) is 4.74 Å². The number of hydrogen-bond donors (Lipinski definition) is 3. The minimum absolute atomic E-state index is 0.0440. The lowest BCUT2D eigenvalue weighted by molar-refractivity contribution is -0.130. The Morgan fingerprint density at radius 3 is 2.55 bits per heavy atom. The maximum absolute atomic E-state index is 13.7. The van der Waals surface area contributed by atoms with Crippen LogP contribution in [-0.2, 0) is 26.1 Å². The van der Waals surface area contributed by atoms with Gasteiger partial charge in [0, 0.05) is 12.1 Å². The van der Waals surface area contributed by atoms with Gasteiger partial charge in [0.15, 0.2) is 0 Å². The van der Waals surface area contributed by atoms with Crippen LogP contribution in [0.25, 0.3) is 0 Å². The molecule has 1 aliphatic heterocycles. The normalized spacial score (nSPS) is 21.6. The van der Waals surface area contributed by atoms with Crippen LogP contribution in [0.5, 0.6) is 0 Å². The van der Waals surface area contributed by atoms with Gasteiger partial charge in [-0.05, 0) is 38.0 Å². The van der Waals surface area contributed by atoms with E-state index < -0.39 is 28.3 Å². The van der Waals surface area contributed by atoms with Gasteiger partial charge in [0.2, 0.25) is 15.9 Å². The molecule has 0 unspecified atom stereocenters. The van der Waals surface area contributed by atoms with Gasteiger partial charge in [-0.1, -0.05) is 35.9 Å². The minimum atomic E-state index is -3.76. The van der Waals surface area contributed by atoms with E-state index in [9.17, 15) is 22.7 Å². The van der Waals surface area contributed by atoms with E-state index in [1.807, 2.05) is 6.92 Å². The molecule has 3 rings (SSSR count). The summed E-state index contributed by atoms with van der Waals surface area (Å²) in [5, 5.41) is 12.4. The van der Waals surface area contributed by atoms with Crippen molar-refractivity contribution in [2.24, 2.45) is 0 Å². The average Bonchev–Trinajstić information content (AvgIpc) is 2.74. The summed E-state index contributed by atoms with van der Waals surface area (Å²) in [6.45, 7) is 1.56. The van der Waals surface area contributed by atoms with Crippen LogP contribution in [0.4, 0.5) is 4.39 Å².